The van der Waals surface area contributed by atoms with E-state index < -0.39 is 6.61 Å². The molecule has 0 aliphatic rings. The van der Waals surface area contributed by atoms with Gasteiger partial charge in [-0.2, -0.15) is 8.78 Å². The van der Waals surface area contributed by atoms with Gasteiger partial charge in [0.25, 0.3) is 0 Å². The second-order valence-corrected chi connectivity index (χ2v) is 7.06. The minimum atomic E-state index is -2.86. The highest BCUT2D eigenvalue weighted by molar-refractivity contribution is 5.95. The quantitative estimate of drug-likeness (QED) is 0.519. The third-order valence-corrected chi connectivity index (χ3v) is 5.12. The van der Waals surface area contributed by atoms with Gasteiger partial charge in [0.15, 0.2) is 0 Å². The smallest absolute Gasteiger partial charge is 0.387 e. The number of halogens is 2. The SMILES string of the molecule is CCN(CC)CCn1ccc2cc(NC(=O)Cc3ccc(OC(F)F)cc3)ccc21. The second-order valence-electron chi connectivity index (χ2n) is 7.06. The maximum atomic E-state index is 12.4. The number of rotatable bonds is 10. The summed E-state index contributed by atoms with van der Waals surface area (Å²) < 4.78 is 31.0. The normalized spacial score (nSPS) is 11.4. The summed E-state index contributed by atoms with van der Waals surface area (Å²) in [4.78, 5) is 14.7. The van der Waals surface area contributed by atoms with Crippen LogP contribution in [-0.2, 0) is 17.8 Å². The Morgan fingerprint density at radius 1 is 1.10 bits per heavy atom. The lowest BCUT2D eigenvalue weighted by atomic mass is 10.1. The fraction of sp³-hybridized carbons (Fsp3) is 0.348. The molecule has 0 atom stereocenters. The number of hydrogen-bond acceptors (Lipinski definition) is 3. The number of benzene rings is 2. The first-order chi connectivity index (χ1) is 14.5. The Balaban J connectivity index is 1.59. The molecule has 30 heavy (non-hydrogen) atoms. The lowest BCUT2D eigenvalue weighted by Crippen LogP contribution is -2.26. The molecule has 1 aromatic heterocycles. The van der Waals surface area contributed by atoms with Gasteiger partial charge in [-0.25, -0.2) is 0 Å². The van der Waals surface area contributed by atoms with Crippen molar-refractivity contribution in [2.45, 2.75) is 33.4 Å². The van der Waals surface area contributed by atoms with Gasteiger partial charge in [0, 0.05) is 35.9 Å². The Hall–Kier alpha value is -2.93. The highest BCUT2D eigenvalue weighted by atomic mass is 19.3. The van der Waals surface area contributed by atoms with E-state index >= 15 is 0 Å². The number of likely N-dealkylation sites (N-methyl/N-ethyl adjacent to an activating group) is 1. The molecule has 160 valence electrons. The third kappa shape index (κ3) is 5.79. The number of anilines is 1. The average molecular weight is 415 g/mol. The molecule has 0 bridgehead atoms. The van der Waals surface area contributed by atoms with Crippen LogP contribution < -0.4 is 10.1 Å². The van der Waals surface area contributed by atoms with E-state index in [0.29, 0.717) is 0 Å². The molecule has 3 aromatic rings. The number of fused-ring (bicyclic) bond motifs is 1. The first-order valence-corrected chi connectivity index (χ1v) is 10.1. The van der Waals surface area contributed by atoms with Crippen molar-refractivity contribution in [3.8, 4) is 5.75 Å². The molecule has 1 amide bonds. The average Bonchev–Trinajstić information content (AvgIpc) is 3.12. The Morgan fingerprint density at radius 2 is 1.83 bits per heavy atom. The molecule has 0 unspecified atom stereocenters. The molecule has 0 aliphatic carbocycles. The summed E-state index contributed by atoms with van der Waals surface area (Å²) in [7, 11) is 0. The van der Waals surface area contributed by atoms with E-state index in [2.05, 4.69) is 45.6 Å². The van der Waals surface area contributed by atoms with Crippen LogP contribution >= 0.6 is 0 Å². The molecule has 0 aliphatic heterocycles. The molecule has 1 N–H and O–H groups in total. The second kappa shape index (κ2) is 10.2. The molecule has 0 spiro atoms. The Morgan fingerprint density at radius 3 is 2.50 bits per heavy atom. The van der Waals surface area contributed by atoms with E-state index in [1.165, 1.54) is 12.1 Å². The topological polar surface area (TPSA) is 46.5 Å². The predicted octanol–water partition coefficient (Wildman–Crippen LogP) is 4.77. The third-order valence-electron chi connectivity index (χ3n) is 5.12. The van der Waals surface area contributed by atoms with Crippen molar-refractivity contribution in [3.05, 3.63) is 60.3 Å². The van der Waals surface area contributed by atoms with Gasteiger partial charge in [-0.05, 0) is 55.1 Å². The van der Waals surface area contributed by atoms with Crippen molar-refractivity contribution < 1.29 is 18.3 Å². The Labute approximate surface area is 175 Å². The number of aromatic nitrogens is 1. The van der Waals surface area contributed by atoms with E-state index in [1.54, 1.807) is 12.1 Å². The Bertz CT molecular complexity index is 966. The zero-order valence-corrected chi connectivity index (χ0v) is 17.3. The monoisotopic (exact) mass is 415 g/mol. The van der Waals surface area contributed by atoms with Crippen LogP contribution in [0.3, 0.4) is 0 Å². The number of carbonyl (C=O) groups excluding carboxylic acids is 1. The fourth-order valence-electron chi connectivity index (χ4n) is 3.44. The van der Waals surface area contributed by atoms with Gasteiger partial charge in [0.05, 0.1) is 6.42 Å². The van der Waals surface area contributed by atoms with Crippen LogP contribution in [0, 0.1) is 0 Å². The summed E-state index contributed by atoms with van der Waals surface area (Å²) in [6.45, 7) is 5.46. The summed E-state index contributed by atoms with van der Waals surface area (Å²) in [6.07, 6.45) is 2.22. The van der Waals surface area contributed by atoms with Gasteiger partial charge < -0.3 is 19.5 Å². The van der Waals surface area contributed by atoms with Crippen LogP contribution in [0.2, 0.25) is 0 Å². The lowest BCUT2D eigenvalue weighted by Gasteiger charge is -2.18. The summed E-state index contributed by atoms with van der Waals surface area (Å²) in [6, 6.07) is 14.0. The first-order valence-electron chi connectivity index (χ1n) is 10.1. The molecular weight excluding hydrogens is 388 g/mol. The molecule has 0 fully saturated rings. The van der Waals surface area contributed by atoms with Crippen LogP contribution in [0.1, 0.15) is 19.4 Å². The van der Waals surface area contributed by atoms with E-state index in [-0.39, 0.29) is 18.1 Å². The summed E-state index contributed by atoms with van der Waals surface area (Å²) in [5.74, 6) is -0.0945. The molecule has 5 nitrogen and oxygen atoms in total. The lowest BCUT2D eigenvalue weighted by molar-refractivity contribution is -0.115. The summed E-state index contributed by atoms with van der Waals surface area (Å²) in [5, 5.41) is 3.97. The zero-order valence-electron chi connectivity index (χ0n) is 17.3. The van der Waals surface area contributed by atoms with E-state index in [9.17, 15) is 13.6 Å². The first kappa shape index (κ1) is 21.8. The zero-order chi connectivity index (χ0) is 21.5. The van der Waals surface area contributed by atoms with Crippen molar-refractivity contribution in [2.24, 2.45) is 0 Å². The van der Waals surface area contributed by atoms with Crippen LogP contribution in [0.5, 0.6) is 5.75 Å². The number of alkyl halides is 2. The number of ether oxygens (including phenoxy) is 1. The molecule has 0 saturated heterocycles. The molecule has 7 heteroatoms. The number of carbonyl (C=O) groups is 1. The molecule has 0 saturated carbocycles. The van der Waals surface area contributed by atoms with E-state index in [0.717, 1.165) is 48.3 Å². The van der Waals surface area contributed by atoms with Crippen LogP contribution in [0.4, 0.5) is 14.5 Å². The Kier molecular flexibility index (Phi) is 7.41. The minimum Gasteiger partial charge on any atom is -0.435 e. The van der Waals surface area contributed by atoms with Crippen molar-refractivity contribution >= 4 is 22.5 Å². The van der Waals surface area contributed by atoms with Crippen LogP contribution in [0.25, 0.3) is 10.9 Å². The molecule has 2 aromatic carbocycles. The van der Waals surface area contributed by atoms with E-state index in [4.69, 9.17) is 0 Å². The van der Waals surface area contributed by atoms with Crippen molar-refractivity contribution in [1.29, 1.82) is 0 Å². The molecule has 3 rings (SSSR count). The van der Waals surface area contributed by atoms with E-state index in [1.807, 2.05) is 18.2 Å². The molecule has 1 heterocycles. The van der Waals surface area contributed by atoms with Crippen molar-refractivity contribution in [3.63, 3.8) is 0 Å². The van der Waals surface area contributed by atoms with Crippen LogP contribution in [-0.4, -0.2) is 41.6 Å². The number of amides is 1. The van der Waals surface area contributed by atoms with Gasteiger partial charge in [0.2, 0.25) is 5.91 Å². The fourth-order valence-corrected chi connectivity index (χ4v) is 3.44. The molecular formula is C23H27F2N3O2. The minimum absolute atomic E-state index is 0.0742. The van der Waals surface area contributed by atoms with Gasteiger partial charge in [0.1, 0.15) is 5.75 Å². The molecule has 0 radical (unpaired) electrons. The number of nitrogens with one attached hydrogen (secondary N) is 1. The van der Waals surface area contributed by atoms with Gasteiger partial charge in [-0.1, -0.05) is 26.0 Å². The van der Waals surface area contributed by atoms with Crippen molar-refractivity contribution in [2.75, 3.05) is 25.0 Å². The van der Waals surface area contributed by atoms with Gasteiger partial charge in [-0.15, -0.1) is 0 Å². The maximum absolute atomic E-state index is 12.4. The summed E-state index contributed by atoms with van der Waals surface area (Å²) >= 11 is 0. The van der Waals surface area contributed by atoms with Crippen LogP contribution in [0.15, 0.2) is 54.7 Å². The van der Waals surface area contributed by atoms with Crippen molar-refractivity contribution in [1.82, 2.24) is 9.47 Å². The van der Waals surface area contributed by atoms with Gasteiger partial charge >= 0.3 is 6.61 Å². The number of hydrogen-bond donors (Lipinski definition) is 1. The highest BCUT2D eigenvalue weighted by Crippen LogP contribution is 2.21. The number of nitrogens with zero attached hydrogens (tertiary/aromatic N) is 2. The predicted molar refractivity (Wildman–Crippen MR) is 115 cm³/mol. The standard InChI is InChI=1S/C23H27F2N3O2/c1-3-27(4-2)13-14-28-12-11-18-16-19(7-10-21(18)28)26-22(29)15-17-5-8-20(9-6-17)30-23(24)25/h5-12,16,23H,3-4,13-15H2,1-2H3,(H,26,29). The largest absolute Gasteiger partial charge is 0.435 e. The van der Waals surface area contributed by atoms with Gasteiger partial charge in [-0.3, -0.25) is 4.79 Å². The summed E-state index contributed by atoms with van der Waals surface area (Å²) in [5.41, 5.74) is 2.58. The maximum Gasteiger partial charge on any atom is 0.387 e. The highest BCUT2D eigenvalue weighted by Gasteiger charge is 2.09.